The molecule has 3 nitrogen and oxygen atoms in total. The van der Waals surface area contributed by atoms with Gasteiger partial charge in [-0.25, -0.2) is 0 Å². The van der Waals surface area contributed by atoms with E-state index >= 15 is 0 Å². The third-order valence-corrected chi connectivity index (χ3v) is 3.22. The lowest BCUT2D eigenvalue weighted by Crippen LogP contribution is -2.53. The maximum Gasteiger partial charge on any atom is 0.115 e. The summed E-state index contributed by atoms with van der Waals surface area (Å²) in [6.07, 6.45) is 0. The first-order valence-corrected chi connectivity index (χ1v) is 5.90. The van der Waals surface area contributed by atoms with Crippen LogP contribution in [0.15, 0.2) is 24.3 Å². The molecular weight excluding hydrogens is 200 g/mol. The lowest BCUT2D eigenvalue weighted by atomic mass is 10.1. The number of nitrogens with one attached hydrogen (secondary N) is 1. The first-order valence-electron chi connectivity index (χ1n) is 5.90. The SMILES string of the molecule is C[C@@H]1CN[C@@H](C)CN1Cc1ccc(O)cc1. The fourth-order valence-corrected chi connectivity index (χ4v) is 2.15. The molecule has 1 aromatic carbocycles. The summed E-state index contributed by atoms with van der Waals surface area (Å²) in [6.45, 7) is 7.57. The van der Waals surface area contributed by atoms with Gasteiger partial charge in [-0.05, 0) is 31.5 Å². The molecule has 1 saturated heterocycles. The predicted molar refractivity (Wildman–Crippen MR) is 65.4 cm³/mol. The number of rotatable bonds is 2. The van der Waals surface area contributed by atoms with Gasteiger partial charge >= 0.3 is 0 Å². The molecule has 1 fully saturated rings. The summed E-state index contributed by atoms with van der Waals surface area (Å²) >= 11 is 0. The molecule has 1 aromatic rings. The fraction of sp³-hybridized carbons (Fsp3) is 0.538. The molecular formula is C13H20N2O. The van der Waals surface area contributed by atoms with E-state index in [2.05, 4.69) is 24.1 Å². The highest BCUT2D eigenvalue weighted by molar-refractivity contribution is 5.25. The number of piperazine rings is 1. The highest BCUT2D eigenvalue weighted by Crippen LogP contribution is 2.15. The molecule has 0 unspecified atom stereocenters. The maximum absolute atomic E-state index is 9.23. The fourth-order valence-electron chi connectivity index (χ4n) is 2.15. The Morgan fingerprint density at radius 2 is 2.00 bits per heavy atom. The number of phenolic OH excluding ortho intramolecular Hbond substituents is 1. The Balaban J connectivity index is 2.00. The van der Waals surface area contributed by atoms with Gasteiger partial charge in [-0.1, -0.05) is 12.1 Å². The van der Waals surface area contributed by atoms with Crippen LogP contribution in [0.25, 0.3) is 0 Å². The third kappa shape index (κ3) is 2.74. The average Bonchev–Trinajstić information content (AvgIpc) is 2.27. The Labute approximate surface area is 97.1 Å². The molecule has 0 saturated carbocycles. The highest BCUT2D eigenvalue weighted by Gasteiger charge is 2.21. The minimum atomic E-state index is 0.338. The Kier molecular flexibility index (Phi) is 3.46. The molecule has 1 aliphatic rings. The van der Waals surface area contributed by atoms with E-state index in [0.29, 0.717) is 17.8 Å². The van der Waals surface area contributed by atoms with Gasteiger partial charge in [0.2, 0.25) is 0 Å². The van der Waals surface area contributed by atoms with Gasteiger partial charge in [0.05, 0.1) is 0 Å². The van der Waals surface area contributed by atoms with Gasteiger partial charge in [-0.2, -0.15) is 0 Å². The minimum Gasteiger partial charge on any atom is -0.508 e. The molecule has 0 bridgehead atoms. The summed E-state index contributed by atoms with van der Waals surface area (Å²) in [6, 6.07) is 8.64. The zero-order chi connectivity index (χ0) is 11.5. The van der Waals surface area contributed by atoms with Crippen molar-refractivity contribution in [3.8, 4) is 5.75 Å². The van der Waals surface area contributed by atoms with Crippen molar-refractivity contribution in [1.82, 2.24) is 10.2 Å². The number of nitrogens with zero attached hydrogens (tertiary/aromatic N) is 1. The predicted octanol–water partition coefficient (Wildman–Crippen LogP) is 1.57. The lowest BCUT2D eigenvalue weighted by molar-refractivity contribution is 0.139. The number of benzene rings is 1. The van der Waals surface area contributed by atoms with Gasteiger partial charge in [0.1, 0.15) is 5.75 Å². The minimum absolute atomic E-state index is 0.338. The molecule has 2 N–H and O–H groups in total. The molecule has 16 heavy (non-hydrogen) atoms. The summed E-state index contributed by atoms with van der Waals surface area (Å²) < 4.78 is 0. The molecule has 2 atom stereocenters. The summed E-state index contributed by atoms with van der Waals surface area (Å²) in [4.78, 5) is 2.48. The number of aromatic hydroxyl groups is 1. The zero-order valence-corrected chi connectivity index (χ0v) is 9.98. The van der Waals surface area contributed by atoms with Crippen molar-refractivity contribution in [2.75, 3.05) is 13.1 Å². The van der Waals surface area contributed by atoms with Gasteiger partial charge < -0.3 is 10.4 Å². The van der Waals surface area contributed by atoms with Crippen LogP contribution in [-0.4, -0.2) is 35.2 Å². The molecule has 0 spiro atoms. The van der Waals surface area contributed by atoms with Crippen LogP contribution >= 0.6 is 0 Å². The Bertz CT molecular complexity index is 336. The molecule has 0 aliphatic carbocycles. The summed E-state index contributed by atoms with van der Waals surface area (Å²) in [5.41, 5.74) is 1.26. The average molecular weight is 220 g/mol. The monoisotopic (exact) mass is 220 g/mol. The summed E-state index contributed by atoms with van der Waals surface area (Å²) in [5, 5.41) is 12.7. The Hall–Kier alpha value is -1.06. The van der Waals surface area contributed by atoms with Crippen molar-refractivity contribution in [2.45, 2.75) is 32.5 Å². The standard InChI is InChI=1S/C13H20N2O/c1-10-8-15(11(2)7-14-10)9-12-3-5-13(16)6-4-12/h3-6,10-11,14,16H,7-9H2,1-2H3/t10-,11+/m0/s1. The van der Waals surface area contributed by atoms with Crippen molar-refractivity contribution in [2.24, 2.45) is 0 Å². The second-order valence-electron chi connectivity index (χ2n) is 4.75. The molecule has 1 aliphatic heterocycles. The number of phenols is 1. The lowest BCUT2D eigenvalue weighted by Gasteiger charge is -2.37. The van der Waals surface area contributed by atoms with E-state index in [4.69, 9.17) is 0 Å². The van der Waals surface area contributed by atoms with Crippen LogP contribution in [0, 0.1) is 0 Å². The molecule has 3 heteroatoms. The normalized spacial score (nSPS) is 26.9. The largest absolute Gasteiger partial charge is 0.508 e. The molecule has 2 rings (SSSR count). The first-order chi connectivity index (χ1) is 7.65. The van der Waals surface area contributed by atoms with E-state index in [1.54, 1.807) is 12.1 Å². The third-order valence-electron chi connectivity index (χ3n) is 3.22. The summed E-state index contributed by atoms with van der Waals surface area (Å²) in [7, 11) is 0. The van der Waals surface area contributed by atoms with E-state index in [1.807, 2.05) is 12.1 Å². The van der Waals surface area contributed by atoms with E-state index < -0.39 is 0 Å². The van der Waals surface area contributed by atoms with Gasteiger partial charge in [-0.15, -0.1) is 0 Å². The highest BCUT2D eigenvalue weighted by atomic mass is 16.3. The van der Waals surface area contributed by atoms with Crippen LogP contribution in [0.1, 0.15) is 19.4 Å². The maximum atomic E-state index is 9.23. The van der Waals surface area contributed by atoms with Crippen molar-refractivity contribution in [3.63, 3.8) is 0 Å². The molecule has 0 aromatic heterocycles. The van der Waals surface area contributed by atoms with E-state index in [-0.39, 0.29) is 0 Å². The quantitative estimate of drug-likeness (QED) is 0.794. The first kappa shape index (κ1) is 11.4. The Morgan fingerprint density at radius 3 is 2.69 bits per heavy atom. The van der Waals surface area contributed by atoms with Crippen molar-refractivity contribution in [3.05, 3.63) is 29.8 Å². The van der Waals surface area contributed by atoms with Crippen LogP contribution in [0.2, 0.25) is 0 Å². The van der Waals surface area contributed by atoms with Crippen LogP contribution in [0.3, 0.4) is 0 Å². The second kappa shape index (κ2) is 4.85. The van der Waals surface area contributed by atoms with Crippen molar-refractivity contribution in [1.29, 1.82) is 0 Å². The molecule has 88 valence electrons. The van der Waals surface area contributed by atoms with E-state index in [9.17, 15) is 5.11 Å². The topological polar surface area (TPSA) is 35.5 Å². The van der Waals surface area contributed by atoms with Gasteiger partial charge in [-0.3, -0.25) is 4.90 Å². The second-order valence-corrected chi connectivity index (χ2v) is 4.75. The van der Waals surface area contributed by atoms with Crippen molar-refractivity contribution >= 4 is 0 Å². The van der Waals surface area contributed by atoms with Crippen LogP contribution in [0.4, 0.5) is 0 Å². The van der Waals surface area contributed by atoms with Crippen molar-refractivity contribution < 1.29 is 5.11 Å². The number of hydrogen-bond acceptors (Lipinski definition) is 3. The van der Waals surface area contributed by atoms with Gasteiger partial charge in [0, 0.05) is 31.7 Å². The van der Waals surface area contributed by atoms with E-state index in [0.717, 1.165) is 19.6 Å². The van der Waals surface area contributed by atoms with Crippen LogP contribution in [0.5, 0.6) is 5.75 Å². The smallest absolute Gasteiger partial charge is 0.115 e. The molecule has 0 amide bonds. The molecule has 0 radical (unpaired) electrons. The van der Waals surface area contributed by atoms with Crippen LogP contribution < -0.4 is 5.32 Å². The molecule has 1 heterocycles. The Morgan fingerprint density at radius 1 is 1.31 bits per heavy atom. The number of hydrogen-bond donors (Lipinski definition) is 2. The van der Waals surface area contributed by atoms with Gasteiger partial charge in [0.25, 0.3) is 0 Å². The van der Waals surface area contributed by atoms with Crippen LogP contribution in [-0.2, 0) is 6.54 Å². The van der Waals surface area contributed by atoms with E-state index in [1.165, 1.54) is 5.56 Å². The summed E-state index contributed by atoms with van der Waals surface area (Å²) in [5.74, 6) is 0.338. The van der Waals surface area contributed by atoms with Gasteiger partial charge in [0.15, 0.2) is 0 Å². The zero-order valence-electron chi connectivity index (χ0n) is 9.98.